The summed E-state index contributed by atoms with van der Waals surface area (Å²) < 4.78 is 21.8. The first kappa shape index (κ1) is 18.1. The number of epoxide rings is 4. The van der Waals surface area contributed by atoms with Crippen LogP contribution in [0.4, 0.5) is 5.69 Å². The van der Waals surface area contributed by atoms with Gasteiger partial charge in [-0.3, -0.25) is 4.90 Å². The van der Waals surface area contributed by atoms with Gasteiger partial charge in [-0.15, -0.1) is 0 Å². The van der Waals surface area contributed by atoms with Crippen LogP contribution in [0.1, 0.15) is 5.56 Å². The Balaban J connectivity index is 1.18. The first-order chi connectivity index (χ1) is 14.3. The molecule has 4 saturated heterocycles. The number of hydrogen-bond acceptors (Lipinski definition) is 6. The summed E-state index contributed by atoms with van der Waals surface area (Å²) in [5, 5.41) is 2.58. The molecule has 6 nitrogen and oxygen atoms in total. The molecule has 2 aromatic carbocycles. The molecular weight excluding hydrogens is 368 g/mol. The van der Waals surface area contributed by atoms with E-state index in [4.69, 9.17) is 18.9 Å². The monoisotopic (exact) mass is 396 g/mol. The Morgan fingerprint density at radius 3 is 1.76 bits per heavy atom. The van der Waals surface area contributed by atoms with Crippen LogP contribution < -0.4 is 4.90 Å². The summed E-state index contributed by atoms with van der Waals surface area (Å²) in [6.45, 7) is 8.40. The molecule has 154 valence electrons. The molecule has 4 fully saturated rings. The normalized spacial score (nSPS) is 29.3. The predicted molar refractivity (Wildman–Crippen MR) is 110 cm³/mol. The first-order valence-corrected chi connectivity index (χ1v) is 10.7. The highest BCUT2D eigenvalue weighted by molar-refractivity contribution is 5.86. The lowest BCUT2D eigenvalue weighted by atomic mass is 10.0. The van der Waals surface area contributed by atoms with E-state index in [1.807, 2.05) is 0 Å². The van der Waals surface area contributed by atoms with E-state index in [0.29, 0.717) is 24.4 Å². The third-order valence-electron chi connectivity index (χ3n) is 6.04. The molecule has 4 unspecified atom stereocenters. The van der Waals surface area contributed by atoms with Gasteiger partial charge in [0.05, 0.1) is 50.8 Å². The van der Waals surface area contributed by atoms with Crippen molar-refractivity contribution in [1.29, 1.82) is 0 Å². The van der Waals surface area contributed by atoms with Gasteiger partial charge < -0.3 is 23.8 Å². The van der Waals surface area contributed by atoms with E-state index in [0.717, 1.165) is 59.2 Å². The molecule has 0 amide bonds. The molecule has 29 heavy (non-hydrogen) atoms. The molecule has 4 heterocycles. The average Bonchev–Trinajstić information content (AvgIpc) is 3.51. The van der Waals surface area contributed by atoms with E-state index in [-0.39, 0.29) is 0 Å². The molecule has 0 saturated carbocycles. The Morgan fingerprint density at radius 2 is 1.17 bits per heavy atom. The Morgan fingerprint density at radius 1 is 0.655 bits per heavy atom. The van der Waals surface area contributed by atoms with Gasteiger partial charge >= 0.3 is 0 Å². The minimum absolute atomic E-state index is 0.378. The van der Waals surface area contributed by atoms with Gasteiger partial charge in [0.1, 0.15) is 0 Å². The summed E-state index contributed by atoms with van der Waals surface area (Å²) in [7, 11) is 0. The predicted octanol–water partition coefficient (Wildman–Crippen LogP) is 2.04. The summed E-state index contributed by atoms with van der Waals surface area (Å²) in [5.41, 5.74) is 2.61. The van der Waals surface area contributed by atoms with Crippen LogP contribution in [0, 0.1) is 0 Å². The lowest BCUT2D eigenvalue weighted by Gasteiger charge is -2.24. The fourth-order valence-electron chi connectivity index (χ4n) is 4.09. The van der Waals surface area contributed by atoms with Crippen molar-refractivity contribution in [3.05, 3.63) is 42.0 Å². The minimum atomic E-state index is 0.378. The molecule has 0 spiro atoms. The van der Waals surface area contributed by atoms with Gasteiger partial charge in [-0.1, -0.05) is 18.2 Å². The van der Waals surface area contributed by atoms with E-state index in [2.05, 4.69) is 46.2 Å². The van der Waals surface area contributed by atoms with Gasteiger partial charge in [-0.25, -0.2) is 0 Å². The van der Waals surface area contributed by atoms with Crippen molar-refractivity contribution in [2.75, 3.05) is 57.5 Å². The average molecular weight is 396 g/mol. The Labute approximate surface area is 171 Å². The lowest BCUT2D eigenvalue weighted by molar-refractivity contribution is 0.213. The second-order valence-corrected chi connectivity index (χ2v) is 8.79. The lowest BCUT2D eigenvalue weighted by Crippen LogP contribution is -2.31. The first-order valence-electron chi connectivity index (χ1n) is 10.7. The number of anilines is 1. The van der Waals surface area contributed by atoms with Gasteiger partial charge in [0.15, 0.2) is 0 Å². The number of ether oxygens (including phenoxy) is 4. The van der Waals surface area contributed by atoms with Gasteiger partial charge in [0.2, 0.25) is 0 Å². The van der Waals surface area contributed by atoms with Crippen LogP contribution in [0.5, 0.6) is 0 Å². The molecule has 0 N–H and O–H groups in total. The SMILES string of the molecule is c1cc2cc(N(CC3CO3)CC3CO3)ccc2cc1CN(CC1CO1)CC1CO1. The molecule has 0 radical (unpaired) electrons. The molecule has 0 aliphatic carbocycles. The van der Waals surface area contributed by atoms with Crippen LogP contribution in [0.2, 0.25) is 0 Å². The van der Waals surface area contributed by atoms with Crippen LogP contribution >= 0.6 is 0 Å². The fourth-order valence-corrected chi connectivity index (χ4v) is 4.09. The highest BCUT2D eigenvalue weighted by atomic mass is 16.6. The van der Waals surface area contributed by atoms with Gasteiger partial charge in [0, 0.05) is 38.4 Å². The maximum atomic E-state index is 5.46. The fraction of sp³-hybridized carbons (Fsp3) is 0.565. The summed E-state index contributed by atoms with van der Waals surface area (Å²) in [4.78, 5) is 4.88. The van der Waals surface area contributed by atoms with E-state index in [1.54, 1.807) is 0 Å². The number of rotatable bonds is 11. The van der Waals surface area contributed by atoms with E-state index in [1.165, 1.54) is 22.0 Å². The largest absolute Gasteiger partial charge is 0.372 e. The molecule has 2 aromatic rings. The third-order valence-corrected chi connectivity index (χ3v) is 6.04. The summed E-state index contributed by atoms with van der Waals surface area (Å²) in [6, 6.07) is 13.6. The highest BCUT2D eigenvalue weighted by Gasteiger charge is 2.32. The Hall–Kier alpha value is -1.70. The topological polar surface area (TPSA) is 56.6 Å². The zero-order valence-electron chi connectivity index (χ0n) is 16.7. The van der Waals surface area contributed by atoms with E-state index < -0.39 is 0 Å². The number of fused-ring (bicyclic) bond motifs is 1. The molecule has 4 aliphatic rings. The van der Waals surface area contributed by atoms with E-state index in [9.17, 15) is 0 Å². The van der Waals surface area contributed by atoms with Crippen molar-refractivity contribution < 1.29 is 18.9 Å². The van der Waals surface area contributed by atoms with Crippen LogP contribution in [0.15, 0.2) is 36.4 Å². The van der Waals surface area contributed by atoms with E-state index >= 15 is 0 Å². The second kappa shape index (κ2) is 7.52. The van der Waals surface area contributed by atoms with Crippen LogP contribution in [-0.2, 0) is 25.5 Å². The molecule has 6 rings (SSSR count). The van der Waals surface area contributed by atoms with Gasteiger partial charge in [-0.05, 0) is 34.5 Å². The second-order valence-electron chi connectivity index (χ2n) is 8.79. The zero-order chi connectivity index (χ0) is 19.2. The highest BCUT2D eigenvalue weighted by Crippen LogP contribution is 2.27. The molecule has 4 atom stereocenters. The van der Waals surface area contributed by atoms with Gasteiger partial charge in [-0.2, -0.15) is 0 Å². The standard InChI is InChI=1S/C23H28N2O4/c1-2-18-6-19(25(10-22-14-28-22)11-23-15-29-23)4-3-17(18)5-16(1)7-24(8-20-12-26-20)9-21-13-27-21/h1-6,20-23H,7-15H2. The van der Waals surface area contributed by atoms with Gasteiger partial charge in [0.25, 0.3) is 0 Å². The quantitative estimate of drug-likeness (QED) is 0.542. The van der Waals surface area contributed by atoms with Crippen molar-refractivity contribution in [3.63, 3.8) is 0 Å². The summed E-state index contributed by atoms with van der Waals surface area (Å²) >= 11 is 0. The number of hydrogen-bond donors (Lipinski definition) is 0. The summed E-state index contributed by atoms with van der Waals surface area (Å²) in [6.07, 6.45) is 1.58. The smallest absolute Gasteiger partial charge is 0.0984 e. The molecule has 4 aliphatic heterocycles. The van der Waals surface area contributed by atoms with Crippen molar-refractivity contribution in [3.8, 4) is 0 Å². The van der Waals surface area contributed by atoms with Crippen LogP contribution in [0.3, 0.4) is 0 Å². The van der Waals surface area contributed by atoms with Crippen molar-refractivity contribution in [1.82, 2.24) is 4.90 Å². The molecule has 6 heteroatoms. The maximum Gasteiger partial charge on any atom is 0.0984 e. The molecule has 0 aromatic heterocycles. The minimum Gasteiger partial charge on any atom is -0.372 e. The van der Waals surface area contributed by atoms with Crippen molar-refractivity contribution in [2.45, 2.75) is 31.0 Å². The Bertz CT molecular complexity index is 846. The number of benzene rings is 2. The molecule has 0 bridgehead atoms. The number of nitrogens with zero attached hydrogens (tertiary/aromatic N) is 2. The zero-order valence-corrected chi connectivity index (χ0v) is 16.7. The van der Waals surface area contributed by atoms with Crippen molar-refractivity contribution >= 4 is 16.5 Å². The van der Waals surface area contributed by atoms with Crippen molar-refractivity contribution in [2.24, 2.45) is 0 Å². The van der Waals surface area contributed by atoms with Crippen LogP contribution in [0.25, 0.3) is 10.8 Å². The van der Waals surface area contributed by atoms with Crippen LogP contribution in [-0.4, -0.2) is 81.9 Å². The third kappa shape index (κ3) is 4.90. The maximum absolute atomic E-state index is 5.46. The summed E-state index contributed by atoms with van der Waals surface area (Å²) in [5.74, 6) is 0. The molecular formula is C23H28N2O4. The Kier molecular flexibility index (Phi) is 4.70.